The van der Waals surface area contributed by atoms with E-state index < -0.39 is 10.0 Å². The second-order valence-corrected chi connectivity index (χ2v) is 6.46. The minimum absolute atomic E-state index is 0.0498. The van der Waals surface area contributed by atoms with E-state index in [4.69, 9.17) is 0 Å². The molecule has 6 nitrogen and oxygen atoms in total. The van der Waals surface area contributed by atoms with Gasteiger partial charge in [0.15, 0.2) is 5.78 Å². The van der Waals surface area contributed by atoms with Gasteiger partial charge in [-0.25, -0.2) is 0 Å². The summed E-state index contributed by atoms with van der Waals surface area (Å²) in [6, 6.07) is 5.69. The SMILES string of the molecule is CN(C)/C=C/C(=O)c1ccc(S(=O)(=O)/N=C/N(C)C)cc1. The van der Waals surface area contributed by atoms with Gasteiger partial charge in [0.2, 0.25) is 0 Å². The van der Waals surface area contributed by atoms with Gasteiger partial charge in [0.25, 0.3) is 10.0 Å². The number of rotatable bonds is 6. The molecule has 0 fully saturated rings. The van der Waals surface area contributed by atoms with Crippen molar-refractivity contribution in [3.05, 3.63) is 42.1 Å². The Morgan fingerprint density at radius 1 is 1.05 bits per heavy atom. The lowest BCUT2D eigenvalue weighted by atomic mass is 10.1. The van der Waals surface area contributed by atoms with E-state index in [-0.39, 0.29) is 10.7 Å². The monoisotopic (exact) mass is 309 g/mol. The lowest BCUT2D eigenvalue weighted by Gasteiger charge is -2.04. The molecule has 0 bridgehead atoms. The van der Waals surface area contributed by atoms with Crippen molar-refractivity contribution in [1.82, 2.24) is 9.80 Å². The molecule has 1 rings (SSSR count). The van der Waals surface area contributed by atoms with Gasteiger partial charge in [-0.3, -0.25) is 4.79 Å². The van der Waals surface area contributed by atoms with Crippen LogP contribution in [0.1, 0.15) is 10.4 Å². The van der Waals surface area contributed by atoms with Crippen LogP contribution in [0.2, 0.25) is 0 Å². The fraction of sp³-hybridized carbons (Fsp3) is 0.286. The Kier molecular flexibility index (Phi) is 5.66. The van der Waals surface area contributed by atoms with Gasteiger partial charge in [-0.15, -0.1) is 4.40 Å². The molecule has 1 aromatic carbocycles. The minimum Gasteiger partial charge on any atom is -0.383 e. The Hall–Kier alpha value is -2.15. The maximum absolute atomic E-state index is 11.9. The van der Waals surface area contributed by atoms with Crippen molar-refractivity contribution >= 4 is 22.1 Å². The van der Waals surface area contributed by atoms with Crippen LogP contribution in [-0.2, 0) is 10.0 Å². The highest BCUT2D eigenvalue weighted by molar-refractivity contribution is 7.90. The zero-order chi connectivity index (χ0) is 16.0. The molecule has 0 aliphatic rings. The van der Waals surface area contributed by atoms with Crippen LogP contribution < -0.4 is 0 Å². The number of sulfonamides is 1. The van der Waals surface area contributed by atoms with Crippen molar-refractivity contribution in [1.29, 1.82) is 0 Å². The molecule has 0 unspecified atom stereocenters. The number of hydrogen-bond acceptors (Lipinski definition) is 4. The second kappa shape index (κ2) is 7.03. The van der Waals surface area contributed by atoms with E-state index in [9.17, 15) is 13.2 Å². The Bertz CT molecular complexity index is 645. The first-order valence-corrected chi connectivity index (χ1v) is 7.62. The van der Waals surface area contributed by atoms with Crippen molar-refractivity contribution in [2.24, 2.45) is 4.40 Å². The van der Waals surface area contributed by atoms with Crippen LogP contribution in [0.15, 0.2) is 45.8 Å². The smallest absolute Gasteiger partial charge is 0.283 e. The molecule has 7 heteroatoms. The first-order chi connectivity index (χ1) is 9.72. The predicted octanol–water partition coefficient (Wildman–Crippen LogP) is 1.22. The molecule has 0 aromatic heterocycles. The molecule has 0 atom stereocenters. The van der Waals surface area contributed by atoms with Crippen molar-refractivity contribution in [2.45, 2.75) is 4.90 Å². The molecule has 0 aliphatic heterocycles. The highest BCUT2D eigenvalue weighted by atomic mass is 32.2. The Morgan fingerprint density at radius 3 is 2.10 bits per heavy atom. The maximum Gasteiger partial charge on any atom is 0.283 e. The van der Waals surface area contributed by atoms with Gasteiger partial charge in [0.05, 0.1) is 4.90 Å². The van der Waals surface area contributed by atoms with Gasteiger partial charge in [0, 0.05) is 46.0 Å². The van der Waals surface area contributed by atoms with Crippen LogP contribution in [0.3, 0.4) is 0 Å². The van der Waals surface area contributed by atoms with Crippen molar-refractivity contribution in [3.63, 3.8) is 0 Å². The molecule has 0 radical (unpaired) electrons. The molecule has 0 saturated carbocycles. The molecule has 0 N–H and O–H groups in total. The summed E-state index contributed by atoms with van der Waals surface area (Å²) in [5.74, 6) is -0.190. The number of hydrogen-bond donors (Lipinski definition) is 0. The van der Waals surface area contributed by atoms with Crippen LogP contribution in [0.4, 0.5) is 0 Å². The van der Waals surface area contributed by atoms with E-state index in [2.05, 4.69) is 4.40 Å². The zero-order valence-corrected chi connectivity index (χ0v) is 13.3. The molecular weight excluding hydrogens is 290 g/mol. The number of carbonyl (C=O) groups is 1. The molecule has 0 spiro atoms. The molecule has 1 aromatic rings. The van der Waals surface area contributed by atoms with Crippen LogP contribution in [0.25, 0.3) is 0 Å². The Morgan fingerprint density at radius 2 is 1.62 bits per heavy atom. The topological polar surface area (TPSA) is 70.0 Å². The van der Waals surface area contributed by atoms with Gasteiger partial charge in [-0.05, 0) is 24.3 Å². The molecule has 0 saturated heterocycles. The predicted molar refractivity (Wildman–Crippen MR) is 83.0 cm³/mol. The largest absolute Gasteiger partial charge is 0.383 e. The summed E-state index contributed by atoms with van der Waals surface area (Å²) in [5, 5.41) is 0. The van der Waals surface area contributed by atoms with Gasteiger partial charge in [-0.2, -0.15) is 8.42 Å². The highest BCUT2D eigenvalue weighted by Crippen LogP contribution is 2.14. The first-order valence-electron chi connectivity index (χ1n) is 6.18. The van der Waals surface area contributed by atoms with Gasteiger partial charge >= 0.3 is 0 Å². The minimum atomic E-state index is -3.73. The van der Waals surface area contributed by atoms with Gasteiger partial charge < -0.3 is 9.80 Å². The average Bonchev–Trinajstić information content (AvgIpc) is 2.43. The molecule has 0 aliphatic carbocycles. The third-order valence-electron chi connectivity index (χ3n) is 2.38. The third-order valence-corrected chi connectivity index (χ3v) is 3.62. The quantitative estimate of drug-likeness (QED) is 0.342. The summed E-state index contributed by atoms with van der Waals surface area (Å²) in [7, 11) is 3.24. The standard InChI is InChI=1S/C14H19N3O3S/c1-16(2)10-9-14(18)12-5-7-13(8-6-12)21(19,20)15-11-17(3)4/h5-11H,1-4H3/b10-9+,15-11+. The number of nitrogens with zero attached hydrogens (tertiary/aromatic N) is 3. The molecule has 114 valence electrons. The number of benzene rings is 1. The van der Waals surface area contributed by atoms with E-state index >= 15 is 0 Å². The fourth-order valence-corrected chi connectivity index (χ4v) is 2.24. The molecule has 0 heterocycles. The summed E-state index contributed by atoms with van der Waals surface area (Å²) >= 11 is 0. The normalized spacial score (nSPS) is 12.0. The molecular formula is C14H19N3O3S. The van der Waals surface area contributed by atoms with Crippen molar-refractivity contribution in [3.8, 4) is 0 Å². The van der Waals surface area contributed by atoms with Crippen molar-refractivity contribution in [2.75, 3.05) is 28.2 Å². The maximum atomic E-state index is 11.9. The van der Waals surface area contributed by atoms with E-state index in [1.54, 1.807) is 25.2 Å². The van der Waals surface area contributed by atoms with E-state index in [1.165, 1.54) is 41.6 Å². The second-order valence-electron chi connectivity index (χ2n) is 4.83. The van der Waals surface area contributed by atoms with Crippen molar-refractivity contribution < 1.29 is 13.2 Å². The lowest BCUT2D eigenvalue weighted by molar-refractivity contribution is 0.104. The Balaban J connectivity index is 2.95. The number of allylic oxidation sites excluding steroid dienone is 1. The molecule has 0 amide bonds. The fourth-order valence-electron chi connectivity index (χ4n) is 1.32. The van der Waals surface area contributed by atoms with Crippen LogP contribution >= 0.6 is 0 Å². The van der Waals surface area contributed by atoms with Crippen LogP contribution in [0.5, 0.6) is 0 Å². The number of ketones is 1. The summed E-state index contributed by atoms with van der Waals surface area (Å²) in [4.78, 5) is 15.1. The highest BCUT2D eigenvalue weighted by Gasteiger charge is 2.12. The molecule has 21 heavy (non-hydrogen) atoms. The average molecular weight is 309 g/mol. The van der Waals surface area contributed by atoms with Crippen LogP contribution in [-0.4, -0.2) is 58.5 Å². The van der Waals surface area contributed by atoms with Gasteiger partial charge in [-0.1, -0.05) is 0 Å². The van der Waals surface area contributed by atoms with E-state index in [0.717, 1.165) is 0 Å². The van der Waals surface area contributed by atoms with E-state index in [0.29, 0.717) is 5.56 Å². The Labute approximate surface area is 125 Å². The van der Waals surface area contributed by atoms with Gasteiger partial charge in [0.1, 0.15) is 6.34 Å². The summed E-state index contributed by atoms with van der Waals surface area (Å²) < 4.78 is 27.3. The summed E-state index contributed by atoms with van der Waals surface area (Å²) in [5.41, 5.74) is 0.420. The number of carbonyl (C=O) groups excluding carboxylic acids is 1. The summed E-state index contributed by atoms with van der Waals surface area (Å²) in [6.07, 6.45) is 4.27. The first kappa shape index (κ1) is 16.9. The zero-order valence-electron chi connectivity index (χ0n) is 12.5. The van der Waals surface area contributed by atoms with Crippen LogP contribution in [0, 0.1) is 0 Å². The third kappa shape index (κ3) is 5.39. The lowest BCUT2D eigenvalue weighted by Crippen LogP contribution is -2.10. The summed E-state index contributed by atoms with van der Waals surface area (Å²) in [6.45, 7) is 0. The van der Waals surface area contributed by atoms with E-state index in [1.807, 2.05) is 14.1 Å².